The molecule has 0 bridgehead atoms. The summed E-state index contributed by atoms with van der Waals surface area (Å²) in [5.41, 5.74) is 1.04. The van der Waals surface area contributed by atoms with Gasteiger partial charge in [0.25, 0.3) is 5.91 Å². The third-order valence-electron chi connectivity index (χ3n) is 2.63. The van der Waals surface area contributed by atoms with E-state index in [0.717, 1.165) is 0 Å². The van der Waals surface area contributed by atoms with Gasteiger partial charge in [-0.2, -0.15) is 5.21 Å². The first-order valence-corrected chi connectivity index (χ1v) is 5.84. The number of aromatic amines is 1. The molecule has 8 heteroatoms. The summed E-state index contributed by atoms with van der Waals surface area (Å²) < 4.78 is 4.55. The molecule has 1 unspecified atom stereocenters. The Kier molecular flexibility index (Phi) is 4.04. The standard InChI is InChI=1S/C12H13N5O3/c1-7(12(19)20-2)13-11(18)9-5-3-4-8(6-9)10-14-16-17-15-10/h3-7H,1-2H3,(H,13,18)(H,14,15,16,17). The largest absolute Gasteiger partial charge is 0.467 e. The number of methoxy groups -OCH3 is 1. The Morgan fingerprint density at radius 3 is 2.85 bits per heavy atom. The van der Waals surface area contributed by atoms with E-state index in [0.29, 0.717) is 17.0 Å². The number of amides is 1. The van der Waals surface area contributed by atoms with Crippen LogP contribution in [0.1, 0.15) is 17.3 Å². The fourth-order valence-electron chi connectivity index (χ4n) is 1.60. The van der Waals surface area contributed by atoms with Gasteiger partial charge in [0, 0.05) is 11.1 Å². The summed E-state index contributed by atoms with van der Waals surface area (Å²) in [6, 6.07) is 5.98. The molecule has 0 saturated heterocycles. The average molecular weight is 275 g/mol. The van der Waals surface area contributed by atoms with Gasteiger partial charge in [0.15, 0.2) is 0 Å². The molecule has 2 rings (SSSR count). The number of ether oxygens (including phenoxy) is 1. The van der Waals surface area contributed by atoms with Gasteiger partial charge in [0.2, 0.25) is 5.82 Å². The Labute approximate surface area is 114 Å². The number of H-pyrrole nitrogens is 1. The number of hydrogen-bond acceptors (Lipinski definition) is 6. The zero-order valence-corrected chi connectivity index (χ0v) is 11.0. The summed E-state index contributed by atoms with van der Waals surface area (Å²) in [4.78, 5) is 23.3. The van der Waals surface area contributed by atoms with Crippen molar-refractivity contribution in [2.45, 2.75) is 13.0 Å². The molecule has 1 atom stereocenters. The summed E-state index contributed by atoms with van der Waals surface area (Å²) >= 11 is 0. The second-order valence-electron chi connectivity index (χ2n) is 4.03. The third-order valence-corrected chi connectivity index (χ3v) is 2.63. The number of nitrogens with zero attached hydrogens (tertiary/aromatic N) is 3. The van der Waals surface area contributed by atoms with Crippen molar-refractivity contribution in [3.8, 4) is 11.4 Å². The van der Waals surface area contributed by atoms with Crippen LogP contribution in [0.2, 0.25) is 0 Å². The Bertz CT molecular complexity index is 611. The molecule has 1 heterocycles. The molecule has 2 N–H and O–H groups in total. The minimum Gasteiger partial charge on any atom is -0.467 e. The van der Waals surface area contributed by atoms with E-state index in [1.54, 1.807) is 31.2 Å². The van der Waals surface area contributed by atoms with Gasteiger partial charge in [-0.3, -0.25) is 4.79 Å². The average Bonchev–Trinajstić information content (AvgIpc) is 3.00. The van der Waals surface area contributed by atoms with Crippen molar-refractivity contribution in [1.82, 2.24) is 25.9 Å². The maximum Gasteiger partial charge on any atom is 0.328 e. The molecule has 0 fully saturated rings. The lowest BCUT2D eigenvalue weighted by Crippen LogP contribution is -2.39. The number of tetrazole rings is 1. The minimum atomic E-state index is -0.721. The molecule has 0 spiro atoms. The van der Waals surface area contributed by atoms with Crippen molar-refractivity contribution >= 4 is 11.9 Å². The first-order chi connectivity index (χ1) is 9.61. The second-order valence-corrected chi connectivity index (χ2v) is 4.03. The molecule has 0 radical (unpaired) electrons. The van der Waals surface area contributed by atoms with Crippen molar-refractivity contribution < 1.29 is 14.3 Å². The highest BCUT2D eigenvalue weighted by molar-refractivity contribution is 5.97. The maximum absolute atomic E-state index is 12.0. The third kappa shape index (κ3) is 2.97. The van der Waals surface area contributed by atoms with E-state index in [4.69, 9.17) is 0 Å². The van der Waals surface area contributed by atoms with Crippen LogP contribution in [0.5, 0.6) is 0 Å². The van der Waals surface area contributed by atoms with Crippen molar-refractivity contribution in [3.05, 3.63) is 29.8 Å². The fourth-order valence-corrected chi connectivity index (χ4v) is 1.60. The number of carbonyl (C=O) groups excluding carboxylic acids is 2. The monoisotopic (exact) mass is 275 g/mol. The van der Waals surface area contributed by atoms with Crippen molar-refractivity contribution in [3.63, 3.8) is 0 Å². The first kappa shape index (κ1) is 13.7. The van der Waals surface area contributed by atoms with Crippen molar-refractivity contribution in [2.24, 2.45) is 0 Å². The molecule has 8 nitrogen and oxygen atoms in total. The van der Waals surface area contributed by atoms with Crippen LogP contribution in [0.4, 0.5) is 0 Å². The van der Waals surface area contributed by atoms with Crippen molar-refractivity contribution in [2.75, 3.05) is 7.11 Å². The quantitative estimate of drug-likeness (QED) is 0.769. The summed E-state index contributed by atoms with van der Waals surface area (Å²) in [7, 11) is 1.27. The highest BCUT2D eigenvalue weighted by atomic mass is 16.5. The van der Waals surface area contributed by atoms with E-state index >= 15 is 0 Å². The van der Waals surface area contributed by atoms with E-state index in [1.807, 2.05) is 0 Å². The highest BCUT2D eigenvalue weighted by Gasteiger charge is 2.17. The maximum atomic E-state index is 12.0. The van der Waals surface area contributed by atoms with E-state index in [2.05, 4.69) is 30.7 Å². The van der Waals surface area contributed by atoms with Gasteiger partial charge in [0.1, 0.15) is 6.04 Å². The fraction of sp³-hybridized carbons (Fsp3) is 0.250. The lowest BCUT2D eigenvalue weighted by molar-refractivity contribution is -0.142. The van der Waals surface area contributed by atoms with E-state index in [-0.39, 0.29) is 5.91 Å². The molecule has 2 aromatic rings. The molecular weight excluding hydrogens is 262 g/mol. The molecule has 0 saturated carbocycles. The summed E-state index contributed by atoms with van der Waals surface area (Å²) in [6.07, 6.45) is 0. The number of esters is 1. The van der Waals surface area contributed by atoms with Crippen LogP contribution in [0.3, 0.4) is 0 Å². The van der Waals surface area contributed by atoms with Gasteiger partial charge in [-0.1, -0.05) is 12.1 Å². The van der Waals surface area contributed by atoms with E-state index in [9.17, 15) is 9.59 Å². The molecular formula is C12H13N5O3. The van der Waals surface area contributed by atoms with Crippen LogP contribution < -0.4 is 5.32 Å². The Balaban J connectivity index is 2.15. The summed E-state index contributed by atoms with van der Waals surface area (Å²) in [6.45, 7) is 1.55. The van der Waals surface area contributed by atoms with Gasteiger partial charge >= 0.3 is 5.97 Å². The van der Waals surface area contributed by atoms with Crippen LogP contribution >= 0.6 is 0 Å². The number of carbonyl (C=O) groups is 2. The summed E-state index contributed by atoms with van der Waals surface area (Å²) in [5, 5.41) is 16.0. The van der Waals surface area contributed by atoms with Gasteiger partial charge in [0.05, 0.1) is 7.11 Å². The Morgan fingerprint density at radius 2 is 2.20 bits per heavy atom. The molecule has 1 aromatic heterocycles. The topological polar surface area (TPSA) is 110 Å². The Morgan fingerprint density at radius 1 is 1.40 bits per heavy atom. The number of benzene rings is 1. The summed E-state index contributed by atoms with van der Waals surface area (Å²) in [5.74, 6) is -0.499. The van der Waals surface area contributed by atoms with Crippen LogP contribution in [-0.4, -0.2) is 45.7 Å². The minimum absolute atomic E-state index is 0.381. The van der Waals surface area contributed by atoms with Gasteiger partial charge in [-0.15, -0.1) is 10.2 Å². The van der Waals surface area contributed by atoms with Gasteiger partial charge in [-0.25, -0.2) is 4.79 Å². The zero-order valence-electron chi connectivity index (χ0n) is 11.0. The normalized spacial score (nSPS) is 11.7. The predicted octanol–water partition coefficient (Wildman–Crippen LogP) is 0.158. The molecule has 1 amide bonds. The number of rotatable bonds is 4. The first-order valence-electron chi connectivity index (χ1n) is 5.84. The smallest absolute Gasteiger partial charge is 0.328 e. The van der Waals surface area contributed by atoms with E-state index in [1.165, 1.54) is 7.11 Å². The number of aromatic nitrogens is 4. The van der Waals surface area contributed by atoms with Crippen LogP contribution in [0.25, 0.3) is 11.4 Å². The molecule has 20 heavy (non-hydrogen) atoms. The molecule has 1 aromatic carbocycles. The lowest BCUT2D eigenvalue weighted by atomic mass is 10.1. The SMILES string of the molecule is COC(=O)C(C)NC(=O)c1cccc(-c2nn[nH]n2)c1. The van der Waals surface area contributed by atoms with Gasteiger partial charge < -0.3 is 10.1 Å². The van der Waals surface area contributed by atoms with Crippen LogP contribution in [0, 0.1) is 0 Å². The lowest BCUT2D eigenvalue weighted by Gasteiger charge is -2.11. The molecule has 104 valence electrons. The second kappa shape index (κ2) is 5.91. The van der Waals surface area contributed by atoms with Crippen LogP contribution in [0.15, 0.2) is 24.3 Å². The van der Waals surface area contributed by atoms with Crippen molar-refractivity contribution in [1.29, 1.82) is 0 Å². The molecule has 0 aliphatic carbocycles. The van der Waals surface area contributed by atoms with Crippen LogP contribution in [-0.2, 0) is 9.53 Å². The predicted molar refractivity (Wildman–Crippen MR) is 68.6 cm³/mol. The molecule has 0 aliphatic rings. The zero-order chi connectivity index (χ0) is 14.5. The number of hydrogen-bond donors (Lipinski definition) is 2. The molecule has 0 aliphatic heterocycles. The Hall–Kier alpha value is -2.77. The highest BCUT2D eigenvalue weighted by Crippen LogP contribution is 2.14. The number of nitrogens with one attached hydrogen (secondary N) is 2. The van der Waals surface area contributed by atoms with E-state index < -0.39 is 12.0 Å². The van der Waals surface area contributed by atoms with Gasteiger partial charge in [-0.05, 0) is 24.3 Å².